The molecule has 0 radical (unpaired) electrons. The fourth-order valence-electron chi connectivity index (χ4n) is 1.98. The van der Waals surface area contributed by atoms with Gasteiger partial charge in [-0.05, 0) is 30.3 Å². The molecule has 1 aromatic heterocycles. The van der Waals surface area contributed by atoms with E-state index in [0.717, 1.165) is 0 Å². The molecule has 21 heavy (non-hydrogen) atoms. The molecule has 2 aromatic carbocycles. The molecule has 1 heterocycles. The molecule has 0 bridgehead atoms. The first-order valence-electron chi connectivity index (χ1n) is 6.26. The number of hydrogen-bond acceptors (Lipinski definition) is 3. The minimum absolute atomic E-state index is 0.296. The van der Waals surface area contributed by atoms with E-state index in [-0.39, 0.29) is 5.91 Å². The molecule has 0 fully saturated rings. The van der Waals surface area contributed by atoms with Gasteiger partial charge < -0.3 is 15.3 Å². The molecule has 0 unspecified atom stereocenters. The standard InChI is InChI=1S/C15H11N3O3/c19-13(16-10-4-2-1-3-5-10)9-6-7-11-12(8-9)18-15(21)14(20)17-11/h1-8H,(H,16,19)(H,17,20)(H,18,21). The number of H-pyrrole nitrogens is 2. The minimum atomic E-state index is -0.747. The molecule has 0 spiro atoms. The van der Waals surface area contributed by atoms with Crippen molar-refractivity contribution in [2.75, 3.05) is 5.32 Å². The van der Waals surface area contributed by atoms with E-state index in [9.17, 15) is 14.4 Å². The van der Waals surface area contributed by atoms with Gasteiger partial charge >= 0.3 is 11.1 Å². The highest BCUT2D eigenvalue weighted by Crippen LogP contribution is 2.12. The second kappa shape index (κ2) is 5.09. The zero-order chi connectivity index (χ0) is 14.8. The van der Waals surface area contributed by atoms with Crippen molar-refractivity contribution in [3.05, 3.63) is 74.8 Å². The lowest BCUT2D eigenvalue weighted by atomic mass is 10.1. The molecule has 0 aliphatic rings. The number of carbonyl (C=O) groups excluding carboxylic acids is 1. The summed E-state index contributed by atoms with van der Waals surface area (Å²) < 4.78 is 0. The number of anilines is 1. The maximum atomic E-state index is 12.1. The van der Waals surface area contributed by atoms with Crippen LogP contribution < -0.4 is 16.4 Å². The number of aromatic nitrogens is 2. The molecule has 104 valence electrons. The number of carbonyl (C=O) groups is 1. The first kappa shape index (κ1) is 12.9. The van der Waals surface area contributed by atoms with E-state index in [1.54, 1.807) is 24.3 Å². The van der Waals surface area contributed by atoms with Gasteiger partial charge in [-0.15, -0.1) is 0 Å². The zero-order valence-electron chi connectivity index (χ0n) is 10.8. The van der Waals surface area contributed by atoms with E-state index in [0.29, 0.717) is 22.3 Å². The van der Waals surface area contributed by atoms with Crippen LogP contribution >= 0.6 is 0 Å². The minimum Gasteiger partial charge on any atom is -0.322 e. The van der Waals surface area contributed by atoms with Gasteiger partial charge in [0, 0.05) is 11.3 Å². The number of nitrogens with one attached hydrogen (secondary N) is 3. The van der Waals surface area contributed by atoms with E-state index in [1.807, 2.05) is 18.2 Å². The number of fused-ring (bicyclic) bond motifs is 1. The first-order chi connectivity index (χ1) is 10.1. The predicted molar refractivity (Wildman–Crippen MR) is 79.6 cm³/mol. The summed E-state index contributed by atoms with van der Waals surface area (Å²) in [6.45, 7) is 0. The van der Waals surface area contributed by atoms with Gasteiger partial charge in [-0.25, -0.2) is 0 Å². The fourth-order valence-corrected chi connectivity index (χ4v) is 1.98. The van der Waals surface area contributed by atoms with Gasteiger partial charge in [-0.2, -0.15) is 0 Å². The lowest BCUT2D eigenvalue weighted by Gasteiger charge is -2.05. The molecule has 3 N–H and O–H groups in total. The molecule has 0 saturated heterocycles. The van der Waals surface area contributed by atoms with Gasteiger partial charge in [0.15, 0.2) is 0 Å². The lowest BCUT2D eigenvalue weighted by Crippen LogP contribution is -2.29. The van der Waals surface area contributed by atoms with Crippen LogP contribution in [-0.4, -0.2) is 15.9 Å². The Bertz CT molecular complexity index is 926. The molecule has 0 aliphatic heterocycles. The number of hydrogen-bond donors (Lipinski definition) is 3. The number of amides is 1. The predicted octanol–water partition coefficient (Wildman–Crippen LogP) is 1.47. The average Bonchev–Trinajstić information content (AvgIpc) is 2.49. The van der Waals surface area contributed by atoms with Crippen molar-refractivity contribution in [1.82, 2.24) is 9.97 Å². The van der Waals surface area contributed by atoms with Gasteiger partial charge in [-0.1, -0.05) is 18.2 Å². The summed E-state index contributed by atoms with van der Waals surface area (Å²) in [6, 6.07) is 13.7. The Balaban J connectivity index is 1.97. The van der Waals surface area contributed by atoms with Crippen LogP contribution in [0.2, 0.25) is 0 Å². The normalized spacial score (nSPS) is 10.5. The summed E-state index contributed by atoms with van der Waals surface area (Å²) in [6.07, 6.45) is 0. The molecule has 0 aliphatic carbocycles. The summed E-state index contributed by atoms with van der Waals surface area (Å²) in [7, 11) is 0. The van der Waals surface area contributed by atoms with Gasteiger partial charge in [-0.3, -0.25) is 14.4 Å². The summed E-state index contributed by atoms with van der Waals surface area (Å²) in [4.78, 5) is 39.5. The third-order valence-electron chi connectivity index (χ3n) is 3.02. The van der Waals surface area contributed by atoms with E-state index in [1.165, 1.54) is 6.07 Å². The Morgan fingerprint density at radius 1 is 0.857 bits per heavy atom. The Kier molecular flexibility index (Phi) is 3.12. The summed E-state index contributed by atoms with van der Waals surface area (Å²) in [5.41, 5.74) is 0.467. The first-order valence-corrected chi connectivity index (χ1v) is 6.26. The SMILES string of the molecule is O=C(Nc1ccccc1)c1ccc2[nH]c(=O)c(=O)[nH]c2c1. The van der Waals surface area contributed by atoms with Gasteiger partial charge in [0.2, 0.25) is 0 Å². The molecule has 0 saturated carbocycles. The number of benzene rings is 2. The van der Waals surface area contributed by atoms with Crippen LogP contribution in [0.3, 0.4) is 0 Å². The second-order valence-corrected chi connectivity index (χ2v) is 4.49. The molecule has 6 heteroatoms. The van der Waals surface area contributed by atoms with Crippen LogP contribution in [-0.2, 0) is 0 Å². The van der Waals surface area contributed by atoms with Gasteiger partial charge in [0.05, 0.1) is 11.0 Å². The molecular weight excluding hydrogens is 270 g/mol. The van der Waals surface area contributed by atoms with Crippen molar-refractivity contribution in [2.24, 2.45) is 0 Å². The van der Waals surface area contributed by atoms with E-state index >= 15 is 0 Å². The van der Waals surface area contributed by atoms with Crippen LogP contribution in [0, 0.1) is 0 Å². The van der Waals surface area contributed by atoms with Crippen LogP contribution in [0.25, 0.3) is 11.0 Å². The Hall–Kier alpha value is -3.15. The summed E-state index contributed by atoms with van der Waals surface area (Å²) in [5, 5.41) is 2.75. The van der Waals surface area contributed by atoms with Gasteiger partial charge in [0.25, 0.3) is 5.91 Å². The maximum Gasteiger partial charge on any atom is 0.314 e. The third kappa shape index (κ3) is 2.59. The van der Waals surface area contributed by atoms with Crippen molar-refractivity contribution in [2.45, 2.75) is 0 Å². The highest BCUT2D eigenvalue weighted by Gasteiger charge is 2.08. The molecule has 6 nitrogen and oxygen atoms in total. The van der Waals surface area contributed by atoms with Crippen LogP contribution in [0.4, 0.5) is 5.69 Å². The molecule has 3 rings (SSSR count). The summed E-state index contributed by atoms with van der Waals surface area (Å²) in [5.74, 6) is -0.296. The van der Waals surface area contributed by atoms with Crippen molar-refractivity contribution < 1.29 is 4.79 Å². The van der Waals surface area contributed by atoms with Gasteiger partial charge in [0.1, 0.15) is 0 Å². The van der Waals surface area contributed by atoms with E-state index < -0.39 is 11.1 Å². The highest BCUT2D eigenvalue weighted by molar-refractivity contribution is 6.05. The molecule has 0 atom stereocenters. The quantitative estimate of drug-likeness (QED) is 0.621. The van der Waals surface area contributed by atoms with E-state index in [2.05, 4.69) is 15.3 Å². The Labute approximate surface area is 118 Å². The number of aromatic amines is 2. The molecular formula is C15H11N3O3. The maximum absolute atomic E-state index is 12.1. The fraction of sp³-hybridized carbons (Fsp3) is 0. The van der Waals surface area contributed by atoms with Crippen molar-refractivity contribution in [3.63, 3.8) is 0 Å². The van der Waals surface area contributed by atoms with Crippen molar-refractivity contribution >= 4 is 22.6 Å². The zero-order valence-corrected chi connectivity index (χ0v) is 10.8. The topological polar surface area (TPSA) is 94.8 Å². The Morgan fingerprint density at radius 2 is 1.52 bits per heavy atom. The highest BCUT2D eigenvalue weighted by atomic mass is 16.2. The third-order valence-corrected chi connectivity index (χ3v) is 3.02. The lowest BCUT2D eigenvalue weighted by molar-refractivity contribution is 0.102. The molecule has 1 amide bonds. The Morgan fingerprint density at radius 3 is 2.24 bits per heavy atom. The van der Waals surface area contributed by atoms with Crippen LogP contribution in [0.5, 0.6) is 0 Å². The van der Waals surface area contributed by atoms with Crippen LogP contribution in [0.1, 0.15) is 10.4 Å². The second-order valence-electron chi connectivity index (χ2n) is 4.49. The smallest absolute Gasteiger partial charge is 0.314 e. The van der Waals surface area contributed by atoms with E-state index in [4.69, 9.17) is 0 Å². The van der Waals surface area contributed by atoms with Crippen molar-refractivity contribution in [3.8, 4) is 0 Å². The number of rotatable bonds is 2. The average molecular weight is 281 g/mol. The summed E-state index contributed by atoms with van der Waals surface area (Å²) >= 11 is 0. The largest absolute Gasteiger partial charge is 0.322 e. The molecule has 3 aromatic rings. The van der Waals surface area contributed by atoms with Crippen molar-refractivity contribution in [1.29, 1.82) is 0 Å². The van der Waals surface area contributed by atoms with Crippen LogP contribution in [0.15, 0.2) is 58.1 Å². The number of para-hydroxylation sites is 1. The monoisotopic (exact) mass is 281 g/mol.